The maximum atomic E-state index is 10.9. The zero-order chi connectivity index (χ0) is 11.1. The summed E-state index contributed by atoms with van der Waals surface area (Å²) in [5.74, 6) is -0.700. The lowest BCUT2D eigenvalue weighted by Gasteiger charge is -2.27. The zero-order valence-electron chi connectivity index (χ0n) is 9.49. The van der Waals surface area contributed by atoms with E-state index in [9.17, 15) is 4.79 Å². The Balaban J connectivity index is 2.04. The van der Waals surface area contributed by atoms with Gasteiger partial charge in [0, 0.05) is 24.2 Å². The van der Waals surface area contributed by atoms with E-state index in [2.05, 4.69) is 17.1 Å². The molecule has 15 heavy (non-hydrogen) atoms. The van der Waals surface area contributed by atoms with Gasteiger partial charge in [-0.25, -0.2) is 0 Å². The number of aliphatic carboxylic acids is 1. The van der Waals surface area contributed by atoms with Crippen molar-refractivity contribution in [1.82, 2.24) is 10.2 Å². The predicted molar refractivity (Wildman–Crippen MR) is 57.9 cm³/mol. The Morgan fingerprint density at radius 1 is 1.60 bits per heavy atom. The first-order valence-electron chi connectivity index (χ1n) is 5.73. The van der Waals surface area contributed by atoms with E-state index in [4.69, 9.17) is 5.11 Å². The van der Waals surface area contributed by atoms with Crippen LogP contribution in [0, 0.1) is 0 Å². The maximum Gasteiger partial charge on any atom is 0.305 e. The summed E-state index contributed by atoms with van der Waals surface area (Å²) >= 11 is 0. The molecule has 2 N–H and O–H groups in total. The SMILES string of the molecule is CNC1(CC(=O)O)CC(C)N(C2CC2)C1. The number of carbonyl (C=O) groups is 1. The Morgan fingerprint density at radius 3 is 2.73 bits per heavy atom. The first kappa shape index (κ1) is 10.9. The number of hydrogen-bond acceptors (Lipinski definition) is 3. The first-order chi connectivity index (χ1) is 7.06. The van der Waals surface area contributed by atoms with E-state index < -0.39 is 5.97 Å². The summed E-state index contributed by atoms with van der Waals surface area (Å²) in [5.41, 5.74) is -0.201. The van der Waals surface area contributed by atoms with Crippen molar-refractivity contribution in [3.8, 4) is 0 Å². The van der Waals surface area contributed by atoms with Gasteiger partial charge >= 0.3 is 5.97 Å². The summed E-state index contributed by atoms with van der Waals surface area (Å²) in [7, 11) is 1.88. The Bertz CT molecular complexity index is 265. The average molecular weight is 212 g/mol. The quantitative estimate of drug-likeness (QED) is 0.719. The van der Waals surface area contributed by atoms with Gasteiger partial charge in [0.15, 0.2) is 0 Å². The van der Waals surface area contributed by atoms with Crippen molar-refractivity contribution in [3.05, 3.63) is 0 Å². The van der Waals surface area contributed by atoms with Gasteiger partial charge in [-0.15, -0.1) is 0 Å². The normalized spacial score (nSPS) is 37.1. The Hall–Kier alpha value is -0.610. The second-order valence-corrected chi connectivity index (χ2v) is 5.06. The molecule has 2 fully saturated rings. The number of nitrogens with one attached hydrogen (secondary N) is 1. The van der Waals surface area contributed by atoms with Crippen LogP contribution in [-0.2, 0) is 4.79 Å². The first-order valence-corrected chi connectivity index (χ1v) is 5.73. The van der Waals surface area contributed by atoms with Crippen LogP contribution in [0.5, 0.6) is 0 Å². The summed E-state index contributed by atoms with van der Waals surface area (Å²) in [6, 6.07) is 1.24. The van der Waals surface area contributed by atoms with Crippen LogP contribution < -0.4 is 5.32 Å². The number of carboxylic acid groups (broad SMARTS) is 1. The smallest absolute Gasteiger partial charge is 0.305 e. The van der Waals surface area contributed by atoms with Crippen molar-refractivity contribution >= 4 is 5.97 Å². The standard InChI is InChI=1S/C11H20N2O2/c1-8-5-11(12-2,6-10(14)15)7-13(8)9-3-4-9/h8-9,12H,3-7H2,1-2H3,(H,14,15). The summed E-state index contributed by atoms with van der Waals surface area (Å²) in [6.07, 6.45) is 3.76. The lowest BCUT2D eigenvalue weighted by molar-refractivity contribution is -0.138. The van der Waals surface area contributed by atoms with Gasteiger partial charge in [0.2, 0.25) is 0 Å². The van der Waals surface area contributed by atoms with Crippen molar-refractivity contribution in [2.45, 2.75) is 50.2 Å². The van der Waals surface area contributed by atoms with Crippen molar-refractivity contribution < 1.29 is 9.90 Å². The molecule has 4 heteroatoms. The molecular weight excluding hydrogens is 192 g/mol. The molecular formula is C11H20N2O2. The molecule has 2 atom stereocenters. The highest BCUT2D eigenvalue weighted by atomic mass is 16.4. The highest BCUT2D eigenvalue weighted by Crippen LogP contribution is 2.38. The van der Waals surface area contributed by atoms with E-state index >= 15 is 0 Å². The van der Waals surface area contributed by atoms with Crippen LogP contribution in [0.3, 0.4) is 0 Å². The highest BCUT2D eigenvalue weighted by molar-refractivity contribution is 5.68. The van der Waals surface area contributed by atoms with E-state index in [1.165, 1.54) is 12.8 Å². The summed E-state index contributed by atoms with van der Waals surface area (Å²) in [5, 5.41) is 12.2. The van der Waals surface area contributed by atoms with E-state index in [1.807, 2.05) is 7.05 Å². The number of carboxylic acids is 1. The number of nitrogens with zero attached hydrogens (tertiary/aromatic N) is 1. The molecule has 86 valence electrons. The van der Waals surface area contributed by atoms with Gasteiger partial charge in [-0.3, -0.25) is 9.69 Å². The summed E-state index contributed by atoms with van der Waals surface area (Å²) < 4.78 is 0. The fraction of sp³-hybridized carbons (Fsp3) is 0.909. The van der Waals surface area contributed by atoms with Gasteiger partial charge in [-0.1, -0.05) is 0 Å². The molecule has 1 heterocycles. The third kappa shape index (κ3) is 2.16. The minimum Gasteiger partial charge on any atom is -0.481 e. The monoisotopic (exact) mass is 212 g/mol. The third-order valence-electron chi connectivity index (χ3n) is 3.77. The largest absolute Gasteiger partial charge is 0.481 e. The minimum atomic E-state index is -0.700. The fourth-order valence-electron chi connectivity index (χ4n) is 2.83. The summed E-state index contributed by atoms with van der Waals surface area (Å²) in [6.45, 7) is 3.10. The fourth-order valence-corrected chi connectivity index (χ4v) is 2.83. The van der Waals surface area contributed by atoms with Crippen LogP contribution in [0.4, 0.5) is 0 Å². The molecule has 0 aromatic carbocycles. The maximum absolute atomic E-state index is 10.9. The van der Waals surface area contributed by atoms with Crippen molar-refractivity contribution in [3.63, 3.8) is 0 Å². The van der Waals surface area contributed by atoms with Gasteiger partial charge in [0.1, 0.15) is 0 Å². The molecule has 2 rings (SSSR count). The molecule has 1 saturated carbocycles. The Morgan fingerprint density at radius 2 is 2.27 bits per heavy atom. The van der Waals surface area contributed by atoms with Crippen molar-refractivity contribution in [1.29, 1.82) is 0 Å². The molecule has 2 aliphatic rings. The van der Waals surface area contributed by atoms with Crippen molar-refractivity contribution in [2.24, 2.45) is 0 Å². The highest BCUT2D eigenvalue weighted by Gasteiger charge is 2.47. The number of rotatable bonds is 4. The van der Waals surface area contributed by atoms with Gasteiger partial charge in [0.25, 0.3) is 0 Å². The van der Waals surface area contributed by atoms with Crippen LogP contribution in [0.1, 0.15) is 32.6 Å². The van der Waals surface area contributed by atoms with Crippen molar-refractivity contribution in [2.75, 3.05) is 13.6 Å². The van der Waals surface area contributed by atoms with Crippen LogP contribution in [0.15, 0.2) is 0 Å². The molecule has 0 amide bonds. The van der Waals surface area contributed by atoms with E-state index in [-0.39, 0.29) is 12.0 Å². The van der Waals surface area contributed by atoms with Crippen LogP contribution >= 0.6 is 0 Å². The van der Waals surface area contributed by atoms with Gasteiger partial charge in [0.05, 0.1) is 6.42 Å². The molecule has 0 spiro atoms. The second kappa shape index (κ2) is 3.76. The molecule has 0 aromatic rings. The molecule has 0 radical (unpaired) electrons. The zero-order valence-corrected chi connectivity index (χ0v) is 9.49. The number of hydrogen-bond donors (Lipinski definition) is 2. The second-order valence-electron chi connectivity index (χ2n) is 5.06. The topological polar surface area (TPSA) is 52.6 Å². The lowest BCUT2D eigenvalue weighted by Crippen LogP contribution is -2.47. The molecule has 1 aliphatic carbocycles. The number of likely N-dealkylation sites (N-methyl/N-ethyl adjacent to an activating group) is 1. The molecule has 1 saturated heterocycles. The van der Waals surface area contributed by atoms with Crippen LogP contribution in [-0.4, -0.2) is 47.2 Å². The van der Waals surface area contributed by atoms with Crippen LogP contribution in [0.25, 0.3) is 0 Å². The van der Waals surface area contributed by atoms with E-state index in [0.29, 0.717) is 6.04 Å². The molecule has 0 bridgehead atoms. The summed E-state index contributed by atoms with van der Waals surface area (Å²) in [4.78, 5) is 13.3. The van der Waals surface area contributed by atoms with E-state index in [0.717, 1.165) is 19.0 Å². The molecule has 0 aromatic heterocycles. The predicted octanol–water partition coefficient (Wildman–Crippen LogP) is 0.676. The van der Waals surface area contributed by atoms with E-state index in [1.54, 1.807) is 0 Å². The lowest BCUT2D eigenvalue weighted by atomic mass is 9.92. The van der Waals surface area contributed by atoms with Gasteiger partial charge in [-0.2, -0.15) is 0 Å². The molecule has 1 aliphatic heterocycles. The third-order valence-corrected chi connectivity index (χ3v) is 3.77. The number of likely N-dealkylation sites (tertiary alicyclic amines) is 1. The molecule has 4 nitrogen and oxygen atoms in total. The average Bonchev–Trinajstić information content (AvgIpc) is 2.92. The van der Waals surface area contributed by atoms with Crippen LogP contribution in [0.2, 0.25) is 0 Å². The minimum absolute atomic E-state index is 0.201. The Labute approximate surface area is 90.6 Å². The molecule has 2 unspecified atom stereocenters. The van der Waals surface area contributed by atoms with Gasteiger partial charge < -0.3 is 10.4 Å². The van der Waals surface area contributed by atoms with Gasteiger partial charge in [-0.05, 0) is 33.2 Å². The Kier molecular flexibility index (Phi) is 2.73.